The van der Waals surface area contributed by atoms with Crippen LogP contribution in [0.4, 0.5) is 4.79 Å². The molecule has 0 bridgehead atoms. The Morgan fingerprint density at radius 2 is 1.86 bits per heavy atom. The van der Waals surface area contributed by atoms with E-state index < -0.39 is 0 Å². The van der Waals surface area contributed by atoms with Crippen molar-refractivity contribution in [1.82, 2.24) is 25.4 Å². The molecule has 22 heavy (non-hydrogen) atoms. The molecule has 2 rings (SSSR count). The van der Waals surface area contributed by atoms with Crippen molar-refractivity contribution in [3.05, 3.63) is 47.5 Å². The van der Waals surface area contributed by atoms with E-state index in [0.29, 0.717) is 11.4 Å². The summed E-state index contributed by atoms with van der Waals surface area (Å²) in [6.45, 7) is 3.73. The fourth-order valence-electron chi connectivity index (χ4n) is 2.11. The van der Waals surface area contributed by atoms with Crippen molar-refractivity contribution < 1.29 is 4.79 Å². The zero-order valence-electron chi connectivity index (χ0n) is 12.7. The zero-order valence-corrected chi connectivity index (χ0v) is 12.7. The quantitative estimate of drug-likeness (QED) is 0.899. The summed E-state index contributed by atoms with van der Waals surface area (Å²) in [6, 6.07) is 8.48. The van der Waals surface area contributed by atoms with Crippen molar-refractivity contribution >= 4 is 6.03 Å². The van der Waals surface area contributed by atoms with Gasteiger partial charge in [-0.15, -0.1) is 10.2 Å². The maximum atomic E-state index is 12.0. The Kier molecular flexibility index (Phi) is 4.73. The Labute approximate surface area is 129 Å². The predicted molar refractivity (Wildman–Crippen MR) is 80.7 cm³/mol. The van der Waals surface area contributed by atoms with E-state index in [-0.39, 0.29) is 18.1 Å². The molecule has 2 aromatic rings. The summed E-state index contributed by atoms with van der Waals surface area (Å²) in [5, 5.41) is 22.2. The Bertz CT molecular complexity index is 685. The number of nitriles is 1. The molecule has 0 radical (unpaired) electrons. The standard InChI is InChI=1S/C15H18N6O/c1-10(13-6-4-12(8-16)5-7-13)18-15(22)19-11(2)14-20-17-9-21(14)3/h4-7,9-11H,1-3H3,(H2,18,19,22)/t10-,11-/m1/s1. The predicted octanol–water partition coefficient (Wildman–Crippen LogP) is 1.81. The van der Waals surface area contributed by atoms with Gasteiger partial charge in [-0.3, -0.25) is 0 Å². The lowest BCUT2D eigenvalue weighted by Crippen LogP contribution is -2.39. The number of hydrogen-bond acceptors (Lipinski definition) is 4. The van der Waals surface area contributed by atoms with Crippen LogP contribution in [0, 0.1) is 11.3 Å². The Morgan fingerprint density at radius 1 is 1.23 bits per heavy atom. The van der Waals surface area contributed by atoms with Gasteiger partial charge in [-0.2, -0.15) is 5.26 Å². The van der Waals surface area contributed by atoms with Gasteiger partial charge in [0.15, 0.2) is 5.82 Å². The van der Waals surface area contributed by atoms with Gasteiger partial charge in [0.25, 0.3) is 0 Å². The van der Waals surface area contributed by atoms with Gasteiger partial charge in [-0.25, -0.2) is 4.79 Å². The molecule has 1 heterocycles. The summed E-state index contributed by atoms with van der Waals surface area (Å²) in [7, 11) is 1.82. The van der Waals surface area contributed by atoms with Crippen LogP contribution in [0.15, 0.2) is 30.6 Å². The molecule has 2 amide bonds. The third kappa shape index (κ3) is 3.61. The van der Waals surface area contributed by atoms with Crippen LogP contribution in [-0.2, 0) is 7.05 Å². The smallest absolute Gasteiger partial charge is 0.315 e. The highest BCUT2D eigenvalue weighted by Crippen LogP contribution is 2.13. The second-order valence-electron chi connectivity index (χ2n) is 5.10. The molecular weight excluding hydrogens is 280 g/mol. The molecule has 114 valence electrons. The largest absolute Gasteiger partial charge is 0.332 e. The fraction of sp³-hybridized carbons (Fsp3) is 0.333. The number of aromatic nitrogens is 3. The van der Waals surface area contributed by atoms with Crippen LogP contribution in [0.1, 0.15) is 42.9 Å². The second-order valence-corrected chi connectivity index (χ2v) is 5.10. The highest BCUT2D eigenvalue weighted by molar-refractivity contribution is 5.74. The Balaban J connectivity index is 1.93. The molecular formula is C15H18N6O. The number of benzene rings is 1. The van der Waals surface area contributed by atoms with E-state index in [4.69, 9.17) is 5.26 Å². The SMILES string of the molecule is C[C@@H](NC(=O)N[C@H](C)c1nncn1C)c1ccc(C#N)cc1. The first-order valence-electron chi connectivity index (χ1n) is 6.92. The van der Waals surface area contributed by atoms with E-state index in [1.807, 2.05) is 33.0 Å². The van der Waals surface area contributed by atoms with E-state index in [2.05, 4.69) is 26.9 Å². The normalized spacial score (nSPS) is 13.0. The minimum absolute atomic E-state index is 0.167. The molecule has 0 saturated carbocycles. The molecule has 1 aromatic heterocycles. The molecule has 0 aliphatic heterocycles. The highest BCUT2D eigenvalue weighted by Gasteiger charge is 2.16. The lowest BCUT2D eigenvalue weighted by atomic mass is 10.1. The van der Waals surface area contributed by atoms with Crippen molar-refractivity contribution in [3.8, 4) is 6.07 Å². The summed E-state index contributed by atoms with van der Waals surface area (Å²) >= 11 is 0. The Morgan fingerprint density at radius 3 is 2.41 bits per heavy atom. The molecule has 2 N–H and O–H groups in total. The lowest BCUT2D eigenvalue weighted by Gasteiger charge is -2.18. The number of urea groups is 1. The molecule has 0 saturated heterocycles. The Hall–Kier alpha value is -2.88. The van der Waals surface area contributed by atoms with Crippen LogP contribution in [0.5, 0.6) is 0 Å². The topological polar surface area (TPSA) is 95.6 Å². The van der Waals surface area contributed by atoms with Gasteiger partial charge >= 0.3 is 6.03 Å². The molecule has 0 aliphatic rings. The van der Waals surface area contributed by atoms with Gasteiger partial charge in [0.2, 0.25) is 0 Å². The second kappa shape index (κ2) is 6.72. The zero-order chi connectivity index (χ0) is 16.1. The minimum atomic E-state index is -0.285. The first-order chi connectivity index (χ1) is 10.5. The fourth-order valence-corrected chi connectivity index (χ4v) is 2.11. The average Bonchev–Trinajstić information content (AvgIpc) is 2.93. The molecule has 0 spiro atoms. The molecule has 7 nitrogen and oxygen atoms in total. The number of nitrogens with zero attached hydrogens (tertiary/aromatic N) is 4. The number of rotatable bonds is 4. The van der Waals surface area contributed by atoms with Crippen LogP contribution in [0.2, 0.25) is 0 Å². The van der Waals surface area contributed by atoms with Gasteiger partial charge in [-0.05, 0) is 31.5 Å². The first-order valence-corrected chi connectivity index (χ1v) is 6.92. The van der Waals surface area contributed by atoms with Crippen LogP contribution in [0.3, 0.4) is 0 Å². The highest BCUT2D eigenvalue weighted by atomic mass is 16.2. The molecule has 2 atom stereocenters. The first kappa shape index (κ1) is 15.5. The molecule has 0 aliphatic carbocycles. The van der Waals surface area contributed by atoms with Crippen molar-refractivity contribution in [2.75, 3.05) is 0 Å². The van der Waals surface area contributed by atoms with Crippen molar-refractivity contribution in [2.24, 2.45) is 7.05 Å². The third-order valence-electron chi connectivity index (χ3n) is 3.37. The monoisotopic (exact) mass is 298 g/mol. The number of nitrogens with one attached hydrogen (secondary N) is 2. The van der Waals surface area contributed by atoms with Crippen LogP contribution in [-0.4, -0.2) is 20.8 Å². The summed E-state index contributed by atoms with van der Waals surface area (Å²) in [5.74, 6) is 0.682. The van der Waals surface area contributed by atoms with E-state index in [0.717, 1.165) is 5.56 Å². The number of hydrogen-bond donors (Lipinski definition) is 2. The molecule has 0 fully saturated rings. The van der Waals surface area contributed by atoms with Gasteiger partial charge in [0.1, 0.15) is 6.33 Å². The van der Waals surface area contributed by atoms with E-state index in [1.165, 1.54) is 0 Å². The van der Waals surface area contributed by atoms with Crippen LogP contribution < -0.4 is 10.6 Å². The van der Waals surface area contributed by atoms with Gasteiger partial charge in [0.05, 0.1) is 23.7 Å². The van der Waals surface area contributed by atoms with E-state index >= 15 is 0 Å². The van der Waals surface area contributed by atoms with Crippen LogP contribution >= 0.6 is 0 Å². The number of aryl methyl sites for hydroxylation is 1. The summed E-state index contributed by atoms with van der Waals surface area (Å²) in [4.78, 5) is 12.0. The number of carbonyl (C=O) groups excluding carboxylic acids is 1. The van der Waals surface area contributed by atoms with Gasteiger partial charge < -0.3 is 15.2 Å². The van der Waals surface area contributed by atoms with Crippen molar-refractivity contribution in [3.63, 3.8) is 0 Å². The van der Waals surface area contributed by atoms with Gasteiger partial charge in [-0.1, -0.05) is 12.1 Å². The molecule has 1 aromatic carbocycles. The van der Waals surface area contributed by atoms with E-state index in [9.17, 15) is 4.79 Å². The number of amides is 2. The summed E-state index contributed by atoms with van der Waals surface area (Å²) < 4.78 is 1.76. The van der Waals surface area contributed by atoms with Gasteiger partial charge in [0, 0.05) is 7.05 Å². The van der Waals surface area contributed by atoms with Crippen molar-refractivity contribution in [2.45, 2.75) is 25.9 Å². The lowest BCUT2D eigenvalue weighted by molar-refractivity contribution is 0.234. The summed E-state index contributed by atoms with van der Waals surface area (Å²) in [6.07, 6.45) is 1.59. The molecule has 0 unspecified atom stereocenters. The van der Waals surface area contributed by atoms with E-state index in [1.54, 1.807) is 23.0 Å². The van der Waals surface area contributed by atoms with Crippen molar-refractivity contribution in [1.29, 1.82) is 5.26 Å². The maximum Gasteiger partial charge on any atom is 0.315 e. The van der Waals surface area contributed by atoms with Crippen LogP contribution in [0.25, 0.3) is 0 Å². The minimum Gasteiger partial charge on any atom is -0.332 e. The third-order valence-corrected chi connectivity index (χ3v) is 3.37. The number of carbonyl (C=O) groups is 1. The maximum absolute atomic E-state index is 12.0. The summed E-state index contributed by atoms with van der Waals surface area (Å²) in [5.41, 5.74) is 1.52. The molecule has 7 heteroatoms. The average molecular weight is 298 g/mol.